The van der Waals surface area contributed by atoms with Gasteiger partial charge in [0.2, 0.25) is 15.9 Å². The number of nitro groups is 1. The van der Waals surface area contributed by atoms with Crippen LogP contribution in [0, 0.1) is 21.7 Å². The summed E-state index contributed by atoms with van der Waals surface area (Å²) in [6.45, 7) is 0.220. The van der Waals surface area contributed by atoms with Gasteiger partial charge in [0.1, 0.15) is 0 Å². The normalized spacial score (nSPS) is 15.5. The maximum absolute atomic E-state index is 13.4. The van der Waals surface area contributed by atoms with Crippen molar-refractivity contribution in [1.29, 1.82) is 0 Å². The second kappa shape index (κ2) is 8.67. The van der Waals surface area contributed by atoms with E-state index in [4.69, 9.17) is 0 Å². The smallest absolute Gasteiger partial charge is 0.270 e. The third-order valence-corrected chi connectivity index (χ3v) is 6.47. The van der Waals surface area contributed by atoms with Gasteiger partial charge in [-0.05, 0) is 29.8 Å². The van der Waals surface area contributed by atoms with Crippen molar-refractivity contribution in [2.24, 2.45) is 0 Å². The van der Waals surface area contributed by atoms with Crippen molar-refractivity contribution in [3.8, 4) is 0 Å². The summed E-state index contributed by atoms with van der Waals surface area (Å²) in [6.07, 6.45) is 2.71. The molecule has 0 unspecified atom stereocenters. The van der Waals surface area contributed by atoms with Gasteiger partial charge >= 0.3 is 0 Å². The predicted octanol–water partition coefficient (Wildman–Crippen LogP) is 2.42. The zero-order valence-electron chi connectivity index (χ0n) is 15.6. The Balaban J connectivity index is 1.63. The minimum Gasteiger partial charge on any atom is -0.337 e. The number of nitrogens with zero attached hydrogens (tertiary/aromatic N) is 3. The molecule has 1 aliphatic heterocycles. The van der Waals surface area contributed by atoms with Gasteiger partial charge in [-0.3, -0.25) is 14.9 Å². The van der Waals surface area contributed by atoms with Crippen LogP contribution in [0.25, 0.3) is 6.08 Å². The molecule has 2 aromatic rings. The number of non-ortho nitro benzene ring substituents is 1. The van der Waals surface area contributed by atoms with Gasteiger partial charge < -0.3 is 4.90 Å². The number of carbonyl (C=O) groups is 1. The number of sulfonamides is 1. The number of rotatable bonds is 5. The van der Waals surface area contributed by atoms with Crippen LogP contribution in [0.1, 0.15) is 5.56 Å². The van der Waals surface area contributed by atoms with Gasteiger partial charge in [0.15, 0.2) is 11.6 Å². The Hall–Kier alpha value is -3.18. The van der Waals surface area contributed by atoms with Gasteiger partial charge in [0.05, 0.1) is 9.82 Å². The van der Waals surface area contributed by atoms with E-state index in [2.05, 4.69) is 0 Å². The van der Waals surface area contributed by atoms with Crippen LogP contribution in [0.3, 0.4) is 0 Å². The molecule has 0 aliphatic carbocycles. The second-order valence-corrected chi connectivity index (χ2v) is 8.43. The molecule has 158 valence electrons. The Morgan fingerprint density at radius 2 is 1.73 bits per heavy atom. The van der Waals surface area contributed by atoms with Crippen LogP contribution in [0.4, 0.5) is 14.5 Å². The summed E-state index contributed by atoms with van der Waals surface area (Å²) < 4.78 is 52.7. The summed E-state index contributed by atoms with van der Waals surface area (Å²) in [6, 6.07) is 8.16. The molecule has 11 heteroatoms. The highest BCUT2D eigenvalue weighted by Crippen LogP contribution is 2.20. The molecule has 0 atom stereocenters. The first-order valence-electron chi connectivity index (χ1n) is 8.85. The summed E-state index contributed by atoms with van der Waals surface area (Å²) >= 11 is 0. The zero-order chi connectivity index (χ0) is 21.9. The Labute approximate surface area is 171 Å². The van der Waals surface area contributed by atoms with Gasteiger partial charge in [-0.25, -0.2) is 17.2 Å². The molecular formula is C19H17F2N3O5S. The molecule has 1 fully saturated rings. The van der Waals surface area contributed by atoms with Gasteiger partial charge in [-0.1, -0.05) is 12.1 Å². The highest BCUT2D eigenvalue weighted by Gasteiger charge is 2.30. The summed E-state index contributed by atoms with van der Waals surface area (Å²) in [4.78, 5) is 23.7. The third-order valence-electron chi connectivity index (χ3n) is 4.58. The average Bonchev–Trinajstić information content (AvgIpc) is 2.74. The van der Waals surface area contributed by atoms with Crippen molar-refractivity contribution in [1.82, 2.24) is 9.21 Å². The molecule has 1 aliphatic rings. The highest BCUT2D eigenvalue weighted by atomic mass is 32.2. The molecule has 0 radical (unpaired) electrons. The molecule has 0 aromatic heterocycles. The van der Waals surface area contributed by atoms with E-state index in [1.54, 1.807) is 6.07 Å². The van der Waals surface area contributed by atoms with Gasteiger partial charge in [-0.2, -0.15) is 4.31 Å². The molecule has 8 nitrogen and oxygen atoms in total. The van der Waals surface area contributed by atoms with E-state index in [0.29, 0.717) is 11.6 Å². The first-order valence-corrected chi connectivity index (χ1v) is 10.3. The summed E-state index contributed by atoms with van der Waals surface area (Å²) in [7, 11) is -4.01. The van der Waals surface area contributed by atoms with Gasteiger partial charge in [0, 0.05) is 44.4 Å². The number of amides is 1. The largest absolute Gasteiger partial charge is 0.337 e. The van der Waals surface area contributed by atoms with Crippen molar-refractivity contribution in [3.05, 3.63) is 75.9 Å². The molecule has 0 bridgehead atoms. The van der Waals surface area contributed by atoms with Crippen LogP contribution in [-0.2, 0) is 14.8 Å². The molecule has 1 amide bonds. The topological polar surface area (TPSA) is 101 Å². The van der Waals surface area contributed by atoms with Crippen LogP contribution in [0.5, 0.6) is 0 Å². The van der Waals surface area contributed by atoms with Crippen LogP contribution < -0.4 is 0 Å². The number of hydrogen-bond donors (Lipinski definition) is 0. The summed E-state index contributed by atoms with van der Waals surface area (Å²) in [5.41, 5.74) is 0.387. The first kappa shape index (κ1) is 21.5. The number of carbonyl (C=O) groups excluding carboxylic acids is 1. The summed E-state index contributed by atoms with van der Waals surface area (Å²) in [5, 5.41) is 10.8. The lowest BCUT2D eigenvalue weighted by Gasteiger charge is -2.33. The van der Waals surface area contributed by atoms with Gasteiger partial charge in [-0.15, -0.1) is 0 Å². The van der Waals surface area contributed by atoms with E-state index in [9.17, 15) is 32.1 Å². The number of piperazine rings is 1. The number of benzene rings is 2. The summed E-state index contributed by atoms with van der Waals surface area (Å²) in [5.74, 6) is -2.76. The van der Waals surface area contributed by atoms with E-state index in [1.165, 1.54) is 35.3 Å². The lowest BCUT2D eigenvalue weighted by atomic mass is 10.2. The Morgan fingerprint density at radius 1 is 1.03 bits per heavy atom. The van der Waals surface area contributed by atoms with Crippen molar-refractivity contribution < 1.29 is 26.9 Å². The predicted molar refractivity (Wildman–Crippen MR) is 104 cm³/mol. The SMILES string of the molecule is O=C(C=Cc1cccc([N+](=O)[O-])c1)N1CCN(S(=O)(=O)c2ccc(F)c(F)c2)CC1. The molecule has 0 N–H and O–H groups in total. The molecule has 2 aromatic carbocycles. The fraction of sp³-hybridized carbons (Fsp3) is 0.211. The molecule has 3 rings (SSSR count). The maximum atomic E-state index is 13.4. The molecule has 1 saturated heterocycles. The minimum atomic E-state index is -4.01. The fourth-order valence-electron chi connectivity index (χ4n) is 2.95. The molecule has 30 heavy (non-hydrogen) atoms. The van der Waals surface area contributed by atoms with Crippen molar-refractivity contribution >= 4 is 27.7 Å². The quantitative estimate of drug-likeness (QED) is 0.406. The number of halogens is 2. The Kier molecular flexibility index (Phi) is 6.22. The molecule has 0 spiro atoms. The first-order chi connectivity index (χ1) is 14.2. The van der Waals surface area contributed by atoms with E-state index >= 15 is 0 Å². The van der Waals surface area contributed by atoms with Crippen LogP contribution in [-0.4, -0.2) is 54.6 Å². The van der Waals surface area contributed by atoms with Crippen molar-refractivity contribution in [2.75, 3.05) is 26.2 Å². The van der Waals surface area contributed by atoms with Crippen molar-refractivity contribution in [2.45, 2.75) is 4.90 Å². The van der Waals surface area contributed by atoms with E-state index in [0.717, 1.165) is 16.4 Å². The second-order valence-electron chi connectivity index (χ2n) is 6.49. The van der Waals surface area contributed by atoms with E-state index in [-0.39, 0.29) is 42.7 Å². The Morgan fingerprint density at radius 3 is 2.37 bits per heavy atom. The fourth-order valence-corrected chi connectivity index (χ4v) is 4.38. The average molecular weight is 437 g/mol. The lowest BCUT2D eigenvalue weighted by Crippen LogP contribution is -2.50. The number of nitro benzene ring substituents is 1. The third kappa shape index (κ3) is 4.69. The molecule has 1 heterocycles. The molecular weight excluding hydrogens is 420 g/mol. The monoisotopic (exact) mass is 437 g/mol. The zero-order valence-corrected chi connectivity index (χ0v) is 16.4. The standard InChI is InChI=1S/C19H17F2N3O5S/c20-17-6-5-16(13-18(17)21)30(28,29)23-10-8-22(9-11-23)19(25)7-4-14-2-1-3-15(12-14)24(26)27/h1-7,12-13H,8-11H2. The Bertz CT molecular complexity index is 1110. The van der Waals surface area contributed by atoms with Gasteiger partial charge in [0.25, 0.3) is 5.69 Å². The maximum Gasteiger partial charge on any atom is 0.270 e. The van der Waals surface area contributed by atoms with Crippen LogP contribution >= 0.6 is 0 Å². The highest BCUT2D eigenvalue weighted by molar-refractivity contribution is 7.89. The minimum absolute atomic E-state index is 0.00226. The van der Waals surface area contributed by atoms with Crippen molar-refractivity contribution in [3.63, 3.8) is 0 Å². The molecule has 0 saturated carbocycles. The van der Waals surface area contributed by atoms with Crippen LogP contribution in [0.15, 0.2) is 53.4 Å². The van der Waals surface area contributed by atoms with E-state index < -0.39 is 26.6 Å². The van der Waals surface area contributed by atoms with E-state index in [1.807, 2.05) is 0 Å². The lowest BCUT2D eigenvalue weighted by molar-refractivity contribution is -0.384. The van der Waals surface area contributed by atoms with Crippen LogP contribution in [0.2, 0.25) is 0 Å². The number of hydrogen-bond acceptors (Lipinski definition) is 5.